The SMILES string of the molecule is CCc1cc([B]OC(C)(C)C(C)(C)O)ccc1CN1C(=O)c2ccccc2C1=O. The molecule has 0 aromatic heterocycles. The van der Waals surface area contributed by atoms with Crippen molar-refractivity contribution in [1.82, 2.24) is 4.90 Å². The van der Waals surface area contributed by atoms with E-state index < -0.39 is 11.2 Å². The average Bonchev–Trinajstić information content (AvgIpc) is 2.91. The Morgan fingerprint density at radius 2 is 1.55 bits per heavy atom. The van der Waals surface area contributed by atoms with Gasteiger partial charge in [0.15, 0.2) is 0 Å². The van der Waals surface area contributed by atoms with Gasteiger partial charge in [0.1, 0.15) is 0 Å². The van der Waals surface area contributed by atoms with Gasteiger partial charge in [0.05, 0.1) is 28.9 Å². The van der Waals surface area contributed by atoms with E-state index in [0.717, 1.165) is 23.0 Å². The summed E-state index contributed by atoms with van der Waals surface area (Å²) in [5, 5.41) is 10.2. The minimum atomic E-state index is -0.998. The quantitative estimate of drug-likeness (QED) is 0.581. The largest absolute Gasteiger partial charge is 0.427 e. The van der Waals surface area contributed by atoms with Gasteiger partial charge in [-0.2, -0.15) is 0 Å². The highest BCUT2D eigenvalue weighted by molar-refractivity contribution is 6.47. The van der Waals surface area contributed by atoms with E-state index in [2.05, 4.69) is 0 Å². The van der Waals surface area contributed by atoms with Gasteiger partial charge in [0.2, 0.25) is 0 Å². The molecule has 3 rings (SSSR count). The van der Waals surface area contributed by atoms with E-state index in [9.17, 15) is 14.7 Å². The van der Waals surface area contributed by atoms with E-state index in [1.54, 1.807) is 45.6 Å². The van der Waals surface area contributed by atoms with Gasteiger partial charge in [-0.15, -0.1) is 0 Å². The molecule has 1 radical (unpaired) electrons. The number of hydrogen-bond donors (Lipinski definition) is 1. The standard InChI is InChI=1S/C23H27BNO4/c1-6-15-13-17(24-29-23(4,5)22(2,3)28)12-11-16(15)14-25-20(26)18-9-7-8-10-19(18)21(25)27/h7-13,28H,6,14H2,1-5H3. The monoisotopic (exact) mass is 392 g/mol. The van der Waals surface area contributed by atoms with Gasteiger partial charge in [0.25, 0.3) is 11.8 Å². The lowest BCUT2D eigenvalue weighted by Gasteiger charge is -2.37. The predicted octanol–water partition coefficient (Wildman–Crippen LogP) is 2.86. The first-order valence-electron chi connectivity index (χ1n) is 9.85. The summed E-state index contributed by atoms with van der Waals surface area (Å²) in [5.74, 6) is -0.503. The summed E-state index contributed by atoms with van der Waals surface area (Å²) in [6.45, 7) is 9.37. The molecule has 1 N–H and O–H groups in total. The first-order chi connectivity index (χ1) is 13.5. The second kappa shape index (κ2) is 7.77. The van der Waals surface area contributed by atoms with Crippen LogP contribution in [0.2, 0.25) is 0 Å². The molecule has 6 heteroatoms. The van der Waals surface area contributed by atoms with Crippen molar-refractivity contribution >= 4 is 24.8 Å². The van der Waals surface area contributed by atoms with Crippen molar-refractivity contribution in [2.45, 2.75) is 58.8 Å². The maximum absolute atomic E-state index is 12.6. The molecule has 0 saturated carbocycles. The maximum atomic E-state index is 12.6. The predicted molar refractivity (Wildman–Crippen MR) is 113 cm³/mol. The number of imide groups is 1. The van der Waals surface area contributed by atoms with Gasteiger partial charge in [-0.05, 0) is 57.4 Å². The highest BCUT2D eigenvalue weighted by Crippen LogP contribution is 2.26. The molecular formula is C23H27BNO4. The fraction of sp³-hybridized carbons (Fsp3) is 0.391. The van der Waals surface area contributed by atoms with Crippen molar-refractivity contribution in [1.29, 1.82) is 0 Å². The number of amides is 2. The lowest BCUT2D eigenvalue weighted by atomic mass is 9.81. The van der Waals surface area contributed by atoms with E-state index in [0.29, 0.717) is 11.1 Å². The number of benzene rings is 2. The van der Waals surface area contributed by atoms with E-state index in [1.807, 2.05) is 39.0 Å². The third-order valence-electron chi connectivity index (χ3n) is 5.78. The summed E-state index contributed by atoms with van der Waals surface area (Å²) in [6.07, 6.45) is 0.759. The second-order valence-electron chi connectivity index (χ2n) is 8.43. The molecule has 2 aromatic rings. The Kier molecular flexibility index (Phi) is 5.70. The summed E-state index contributed by atoms with van der Waals surface area (Å²) in [7, 11) is 1.64. The number of fused-ring (bicyclic) bond motifs is 1. The van der Waals surface area contributed by atoms with Gasteiger partial charge < -0.3 is 9.76 Å². The Labute approximate surface area is 173 Å². The molecule has 0 spiro atoms. The van der Waals surface area contributed by atoms with E-state index in [4.69, 9.17) is 4.65 Å². The fourth-order valence-electron chi connectivity index (χ4n) is 3.12. The van der Waals surface area contributed by atoms with Crippen LogP contribution in [-0.4, -0.2) is 40.5 Å². The summed E-state index contributed by atoms with van der Waals surface area (Å²) in [5.41, 5.74) is 2.01. The third-order valence-corrected chi connectivity index (χ3v) is 5.78. The number of aliphatic hydroxyl groups is 1. The number of carbonyl (C=O) groups excluding carboxylic acids is 2. The van der Waals surface area contributed by atoms with Crippen LogP contribution in [-0.2, 0) is 17.6 Å². The van der Waals surface area contributed by atoms with Crippen molar-refractivity contribution in [3.8, 4) is 0 Å². The van der Waals surface area contributed by atoms with Crippen molar-refractivity contribution in [2.24, 2.45) is 0 Å². The zero-order valence-electron chi connectivity index (χ0n) is 17.7. The molecule has 0 saturated heterocycles. The van der Waals surface area contributed by atoms with Crippen LogP contribution < -0.4 is 5.46 Å². The molecule has 2 aromatic carbocycles. The smallest absolute Gasteiger partial charge is 0.330 e. The number of carbonyl (C=O) groups is 2. The van der Waals surface area contributed by atoms with Crippen LogP contribution in [0.4, 0.5) is 0 Å². The van der Waals surface area contributed by atoms with Gasteiger partial charge >= 0.3 is 7.48 Å². The zero-order chi connectivity index (χ0) is 21.4. The average molecular weight is 392 g/mol. The number of nitrogens with zero attached hydrogens (tertiary/aromatic N) is 1. The summed E-state index contributed by atoms with van der Waals surface area (Å²) >= 11 is 0. The summed E-state index contributed by atoms with van der Waals surface area (Å²) in [4.78, 5) is 26.6. The molecule has 2 amide bonds. The summed E-state index contributed by atoms with van der Waals surface area (Å²) in [6, 6.07) is 12.7. The van der Waals surface area contributed by atoms with E-state index in [-0.39, 0.29) is 18.4 Å². The minimum absolute atomic E-state index is 0.242. The summed E-state index contributed by atoms with van der Waals surface area (Å²) < 4.78 is 5.84. The lowest BCUT2D eigenvalue weighted by molar-refractivity contribution is -0.0893. The van der Waals surface area contributed by atoms with Gasteiger partial charge in [-0.3, -0.25) is 14.5 Å². The molecule has 5 nitrogen and oxygen atoms in total. The highest BCUT2D eigenvalue weighted by Gasteiger charge is 2.36. The first-order valence-corrected chi connectivity index (χ1v) is 9.85. The molecule has 151 valence electrons. The molecule has 0 bridgehead atoms. The normalized spacial score (nSPS) is 14.3. The Hall–Kier alpha value is -2.44. The van der Waals surface area contributed by atoms with Crippen LogP contribution in [0, 0.1) is 0 Å². The Bertz CT molecular complexity index is 911. The topological polar surface area (TPSA) is 66.8 Å². The molecule has 0 unspecified atom stereocenters. The van der Waals surface area contributed by atoms with Crippen LogP contribution >= 0.6 is 0 Å². The molecule has 29 heavy (non-hydrogen) atoms. The Morgan fingerprint density at radius 3 is 2.07 bits per heavy atom. The zero-order valence-corrected chi connectivity index (χ0v) is 17.7. The molecule has 0 atom stereocenters. The van der Waals surface area contributed by atoms with E-state index in [1.165, 1.54) is 4.90 Å². The Balaban J connectivity index is 1.77. The van der Waals surface area contributed by atoms with Crippen LogP contribution in [0.25, 0.3) is 0 Å². The number of hydrogen-bond acceptors (Lipinski definition) is 4. The van der Waals surface area contributed by atoms with Crippen LogP contribution in [0.1, 0.15) is 66.5 Å². The minimum Gasteiger partial charge on any atom is -0.427 e. The highest BCUT2D eigenvalue weighted by atomic mass is 16.5. The number of aryl methyl sites for hydroxylation is 1. The first kappa shape index (κ1) is 21.3. The molecular weight excluding hydrogens is 365 g/mol. The van der Waals surface area contributed by atoms with Crippen LogP contribution in [0.3, 0.4) is 0 Å². The fourth-order valence-corrected chi connectivity index (χ4v) is 3.12. The Morgan fingerprint density at radius 1 is 0.966 bits per heavy atom. The number of rotatable bonds is 7. The van der Waals surface area contributed by atoms with Crippen molar-refractivity contribution in [2.75, 3.05) is 0 Å². The molecule has 1 aliphatic heterocycles. The van der Waals surface area contributed by atoms with Crippen molar-refractivity contribution < 1.29 is 19.3 Å². The maximum Gasteiger partial charge on any atom is 0.330 e. The molecule has 0 fully saturated rings. The van der Waals surface area contributed by atoms with Crippen molar-refractivity contribution in [3.63, 3.8) is 0 Å². The van der Waals surface area contributed by atoms with Crippen LogP contribution in [0.5, 0.6) is 0 Å². The van der Waals surface area contributed by atoms with Crippen molar-refractivity contribution in [3.05, 3.63) is 64.7 Å². The van der Waals surface area contributed by atoms with Gasteiger partial charge in [0, 0.05) is 0 Å². The second-order valence-corrected chi connectivity index (χ2v) is 8.43. The molecule has 0 aliphatic carbocycles. The lowest BCUT2D eigenvalue weighted by Crippen LogP contribution is -2.49. The molecule has 1 aliphatic rings. The van der Waals surface area contributed by atoms with Crippen LogP contribution in [0.15, 0.2) is 42.5 Å². The van der Waals surface area contributed by atoms with Gasteiger partial charge in [-0.25, -0.2) is 0 Å². The molecule has 1 heterocycles. The van der Waals surface area contributed by atoms with Gasteiger partial charge in [-0.1, -0.05) is 42.7 Å². The third kappa shape index (κ3) is 4.14. The van der Waals surface area contributed by atoms with E-state index >= 15 is 0 Å².